The van der Waals surface area contributed by atoms with Crippen molar-refractivity contribution in [1.29, 1.82) is 0 Å². The summed E-state index contributed by atoms with van der Waals surface area (Å²) in [6.07, 6.45) is 5.15. The molecular weight excluding hydrogens is 388 g/mol. The van der Waals surface area contributed by atoms with E-state index in [-0.39, 0.29) is 0 Å². The van der Waals surface area contributed by atoms with Crippen molar-refractivity contribution in [2.75, 3.05) is 7.05 Å². The minimum absolute atomic E-state index is 0.301. The Morgan fingerprint density at radius 2 is 2.20 bits per heavy atom. The lowest BCUT2D eigenvalue weighted by Crippen LogP contribution is -2.27. The first-order valence-corrected chi connectivity index (χ1v) is 8.10. The van der Waals surface area contributed by atoms with Crippen LogP contribution < -0.4 is 5.32 Å². The van der Waals surface area contributed by atoms with E-state index in [1.54, 1.807) is 6.20 Å². The number of nitrogens with one attached hydrogen (secondary N) is 1. The molecule has 3 rings (SSSR count). The highest BCUT2D eigenvalue weighted by atomic mass is 79.9. The molecule has 5 nitrogen and oxygen atoms in total. The van der Waals surface area contributed by atoms with Crippen molar-refractivity contribution < 1.29 is 4.52 Å². The normalized spacial score (nSPS) is 22.4. The van der Waals surface area contributed by atoms with Gasteiger partial charge >= 0.3 is 0 Å². The Hall–Kier alpha value is -0.790. The van der Waals surface area contributed by atoms with E-state index < -0.39 is 0 Å². The van der Waals surface area contributed by atoms with Gasteiger partial charge in [-0.15, -0.1) is 0 Å². The van der Waals surface area contributed by atoms with E-state index in [0.29, 0.717) is 29.4 Å². The minimum atomic E-state index is 0.301. The summed E-state index contributed by atoms with van der Waals surface area (Å²) >= 11 is 6.86. The Bertz CT molecular complexity index is 616. The average molecular weight is 402 g/mol. The molecule has 2 aromatic rings. The number of nitrogens with zero attached hydrogens (tertiary/aromatic N) is 3. The summed E-state index contributed by atoms with van der Waals surface area (Å²) in [6.45, 7) is 0. The molecule has 1 N–H and O–H groups in total. The van der Waals surface area contributed by atoms with Gasteiger partial charge in [0.15, 0.2) is 0 Å². The fraction of sp³-hybridized carbons (Fsp3) is 0.462. The molecule has 106 valence electrons. The summed E-state index contributed by atoms with van der Waals surface area (Å²) in [5, 5.41) is 7.39. The van der Waals surface area contributed by atoms with Crippen LogP contribution in [0.5, 0.6) is 0 Å². The molecule has 0 amide bonds. The smallest absolute Gasteiger partial charge is 0.231 e. The second-order valence-electron chi connectivity index (χ2n) is 4.87. The minimum Gasteiger partial charge on any atom is -0.339 e. The van der Waals surface area contributed by atoms with Crippen LogP contribution >= 0.6 is 31.9 Å². The van der Waals surface area contributed by atoms with Gasteiger partial charge in [0.05, 0.1) is 5.92 Å². The zero-order chi connectivity index (χ0) is 14.1. The highest BCUT2D eigenvalue weighted by Crippen LogP contribution is 2.35. The number of pyridine rings is 1. The van der Waals surface area contributed by atoms with Gasteiger partial charge < -0.3 is 9.84 Å². The van der Waals surface area contributed by atoms with Gasteiger partial charge in [0.1, 0.15) is 5.69 Å². The Morgan fingerprint density at radius 3 is 2.95 bits per heavy atom. The molecule has 2 aromatic heterocycles. The summed E-state index contributed by atoms with van der Waals surface area (Å²) in [5.74, 6) is 1.53. The van der Waals surface area contributed by atoms with Crippen LogP contribution in [0.4, 0.5) is 0 Å². The molecular formula is C13H14Br2N4O. The molecule has 0 radical (unpaired) electrons. The highest BCUT2D eigenvalue weighted by molar-refractivity contribution is 9.11. The first kappa shape index (κ1) is 14.2. The summed E-state index contributed by atoms with van der Waals surface area (Å²) < 4.78 is 7.20. The van der Waals surface area contributed by atoms with Crippen LogP contribution in [0.1, 0.15) is 31.1 Å². The van der Waals surface area contributed by atoms with Crippen molar-refractivity contribution >= 4 is 31.9 Å². The number of rotatable bonds is 3. The fourth-order valence-corrected chi connectivity index (χ4v) is 3.83. The molecule has 0 saturated heterocycles. The van der Waals surface area contributed by atoms with Gasteiger partial charge in [-0.2, -0.15) is 4.98 Å². The third-order valence-electron chi connectivity index (χ3n) is 3.67. The Labute approximate surface area is 133 Å². The third-order valence-corrected chi connectivity index (χ3v) is 4.70. The largest absolute Gasteiger partial charge is 0.339 e. The van der Waals surface area contributed by atoms with Crippen LogP contribution in [0.2, 0.25) is 0 Å². The summed E-state index contributed by atoms with van der Waals surface area (Å²) in [4.78, 5) is 8.86. The fourth-order valence-electron chi connectivity index (χ4n) is 2.66. The molecule has 7 heteroatoms. The molecule has 0 aromatic carbocycles. The van der Waals surface area contributed by atoms with Crippen molar-refractivity contribution in [3.8, 4) is 11.5 Å². The van der Waals surface area contributed by atoms with Crippen LogP contribution in [0.25, 0.3) is 11.5 Å². The van der Waals surface area contributed by atoms with E-state index in [9.17, 15) is 0 Å². The molecule has 2 atom stereocenters. The first-order valence-electron chi connectivity index (χ1n) is 6.51. The Balaban J connectivity index is 1.90. The topological polar surface area (TPSA) is 63.8 Å². The monoisotopic (exact) mass is 400 g/mol. The van der Waals surface area contributed by atoms with Crippen LogP contribution in [-0.4, -0.2) is 28.2 Å². The highest BCUT2D eigenvalue weighted by Gasteiger charge is 2.32. The molecule has 2 heterocycles. The van der Waals surface area contributed by atoms with Crippen molar-refractivity contribution in [1.82, 2.24) is 20.4 Å². The van der Waals surface area contributed by atoms with Gasteiger partial charge in [-0.1, -0.05) is 11.6 Å². The maximum absolute atomic E-state index is 5.45. The molecule has 1 aliphatic rings. The Morgan fingerprint density at radius 1 is 1.35 bits per heavy atom. The lowest BCUT2D eigenvalue weighted by molar-refractivity contribution is 0.335. The summed E-state index contributed by atoms with van der Waals surface area (Å²) in [5.41, 5.74) is 0.696. The van der Waals surface area contributed by atoms with E-state index in [1.165, 1.54) is 6.42 Å². The van der Waals surface area contributed by atoms with E-state index in [2.05, 4.69) is 52.3 Å². The maximum atomic E-state index is 5.45. The van der Waals surface area contributed by atoms with Crippen molar-refractivity contribution in [2.45, 2.75) is 31.2 Å². The van der Waals surface area contributed by atoms with Crippen LogP contribution in [-0.2, 0) is 0 Å². The molecule has 1 fully saturated rings. The van der Waals surface area contributed by atoms with Gasteiger partial charge in [-0.25, -0.2) is 0 Å². The van der Waals surface area contributed by atoms with Crippen molar-refractivity contribution in [3.63, 3.8) is 0 Å². The molecule has 0 spiro atoms. The lowest BCUT2D eigenvalue weighted by atomic mass is 10.0. The number of hydrogen-bond acceptors (Lipinski definition) is 5. The molecule has 0 aliphatic heterocycles. The van der Waals surface area contributed by atoms with Crippen LogP contribution in [0.3, 0.4) is 0 Å². The third kappa shape index (κ3) is 2.66. The van der Waals surface area contributed by atoms with E-state index in [0.717, 1.165) is 21.8 Å². The SMILES string of the molecule is CNC1CCCC1c1nc(-c2ncc(Br)cc2Br)no1. The summed E-state index contributed by atoms with van der Waals surface area (Å²) in [6, 6.07) is 2.34. The summed E-state index contributed by atoms with van der Waals surface area (Å²) in [7, 11) is 1.98. The number of hydrogen-bond donors (Lipinski definition) is 1. The van der Waals surface area contributed by atoms with E-state index >= 15 is 0 Å². The van der Waals surface area contributed by atoms with Crippen LogP contribution in [0.15, 0.2) is 25.7 Å². The van der Waals surface area contributed by atoms with Crippen LogP contribution in [0, 0.1) is 0 Å². The standard InChI is InChI=1S/C13H14Br2N4O/c1-16-10-4-2-3-8(10)13-18-12(19-20-13)11-9(15)5-7(14)6-17-11/h5-6,8,10,16H,2-4H2,1H3. The number of halogens is 2. The van der Waals surface area contributed by atoms with E-state index in [1.807, 2.05) is 13.1 Å². The Kier molecular flexibility index (Phi) is 4.18. The predicted molar refractivity (Wildman–Crippen MR) is 82.4 cm³/mol. The van der Waals surface area contributed by atoms with Gasteiger partial charge in [-0.05, 0) is 57.8 Å². The van der Waals surface area contributed by atoms with Gasteiger partial charge in [0.25, 0.3) is 0 Å². The quantitative estimate of drug-likeness (QED) is 0.852. The number of likely N-dealkylation sites (N-methyl/N-ethyl adjacent to an activating group) is 1. The molecule has 2 unspecified atom stereocenters. The van der Waals surface area contributed by atoms with Gasteiger partial charge in [-0.3, -0.25) is 4.98 Å². The van der Waals surface area contributed by atoms with Gasteiger partial charge in [0.2, 0.25) is 11.7 Å². The first-order chi connectivity index (χ1) is 9.69. The molecule has 1 saturated carbocycles. The van der Waals surface area contributed by atoms with Crippen molar-refractivity contribution in [3.05, 3.63) is 27.1 Å². The van der Waals surface area contributed by atoms with Gasteiger partial charge in [0, 0.05) is 21.2 Å². The van der Waals surface area contributed by atoms with E-state index in [4.69, 9.17) is 4.52 Å². The average Bonchev–Trinajstić information content (AvgIpc) is 3.06. The number of aromatic nitrogens is 3. The van der Waals surface area contributed by atoms with Crippen molar-refractivity contribution in [2.24, 2.45) is 0 Å². The second kappa shape index (κ2) is 5.91. The zero-order valence-corrected chi connectivity index (χ0v) is 14.1. The lowest BCUT2D eigenvalue weighted by Gasteiger charge is -2.14. The maximum Gasteiger partial charge on any atom is 0.231 e. The zero-order valence-electron chi connectivity index (χ0n) is 10.9. The molecule has 1 aliphatic carbocycles. The molecule has 0 bridgehead atoms. The molecule has 20 heavy (non-hydrogen) atoms. The predicted octanol–water partition coefficient (Wildman–Crippen LogP) is 3.51. The second-order valence-corrected chi connectivity index (χ2v) is 6.64.